The monoisotopic (exact) mass is 272 g/mol. The number of nitrogens with zero attached hydrogens (tertiary/aromatic N) is 2. The molecular weight excluding hydrogens is 265 g/mol. The van der Waals surface area contributed by atoms with Gasteiger partial charge in [0.05, 0.1) is 0 Å². The largest absolute Gasteiger partial charge is 0.480 e. The minimum Gasteiger partial charge on any atom is -0.480 e. The number of thioether (sulfide) groups is 1. The first-order valence-electron chi connectivity index (χ1n) is 3.96. The SMILES string of the molecule is CC(C)(Sc1nc(C(F)(F)F)ns1)C(=O)O. The Labute approximate surface area is 97.1 Å². The Hall–Kier alpha value is -0.830. The van der Waals surface area contributed by atoms with Crippen LogP contribution in [0.2, 0.25) is 0 Å². The maximum atomic E-state index is 12.1. The molecule has 4 nitrogen and oxygen atoms in total. The lowest BCUT2D eigenvalue weighted by Crippen LogP contribution is -2.26. The van der Waals surface area contributed by atoms with E-state index in [-0.39, 0.29) is 4.34 Å². The fourth-order valence-corrected chi connectivity index (χ4v) is 2.61. The highest BCUT2D eigenvalue weighted by Gasteiger charge is 2.37. The van der Waals surface area contributed by atoms with E-state index in [1.807, 2.05) is 0 Å². The molecule has 1 rings (SSSR count). The number of aromatic nitrogens is 2. The van der Waals surface area contributed by atoms with Crippen molar-refractivity contribution in [3.8, 4) is 0 Å². The first kappa shape index (κ1) is 13.2. The van der Waals surface area contributed by atoms with Crippen molar-refractivity contribution in [2.45, 2.75) is 29.1 Å². The first-order valence-corrected chi connectivity index (χ1v) is 5.55. The molecule has 90 valence electrons. The average Bonchev–Trinajstić information content (AvgIpc) is 2.50. The van der Waals surface area contributed by atoms with Crippen LogP contribution < -0.4 is 0 Å². The van der Waals surface area contributed by atoms with Crippen LogP contribution in [0.5, 0.6) is 0 Å². The van der Waals surface area contributed by atoms with Crippen molar-refractivity contribution >= 4 is 29.3 Å². The number of aliphatic carboxylic acids is 1. The van der Waals surface area contributed by atoms with Crippen molar-refractivity contribution in [2.75, 3.05) is 0 Å². The Bertz CT molecular complexity index is 403. The van der Waals surface area contributed by atoms with Gasteiger partial charge in [0.25, 0.3) is 0 Å². The molecule has 1 N–H and O–H groups in total. The van der Waals surface area contributed by atoms with Crippen molar-refractivity contribution in [3.63, 3.8) is 0 Å². The van der Waals surface area contributed by atoms with E-state index in [9.17, 15) is 18.0 Å². The van der Waals surface area contributed by atoms with Gasteiger partial charge in [0.15, 0.2) is 4.34 Å². The Morgan fingerprint density at radius 1 is 1.44 bits per heavy atom. The van der Waals surface area contributed by atoms with Gasteiger partial charge < -0.3 is 5.11 Å². The van der Waals surface area contributed by atoms with Crippen LogP contribution in [0, 0.1) is 0 Å². The second-order valence-electron chi connectivity index (χ2n) is 3.30. The summed E-state index contributed by atoms with van der Waals surface area (Å²) in [6.45, 7) is 2.77. The van der Waals surface area contributed by atoms with Gasteiger partial charge in [0.2, 0.25) is 5.82 Å². The molecule has 0 atom stereocenters. The molecule has 0 unspecified atom stereocenters. The number of halogens is 3. The highest BCUT2D eigenvalue weighted by atomic mass is 32.2. The molecule has 0 aliphatic heterocycles. The van der Waals surface area contributed by atoms with Crippen LogP contribution in [0.15, 0.2) is 4.34 Å². The summed E-state index contributed by atoms with van der Waals surface area (Å²) in [5.41, 5.74) is 0. The lowest BCUT2D eigenvalue weighted by Gasteiger charge is -2.15. The van der Waals surface area contributed by atoms with Gasteiger partial charge in [-0.05, 0) is 25.4 Å². The van der Waals surface area contributed by atoms with Crippen molar-refractivity contribution in [1.82, 2.24) is 9.36 Å². The van der Waals surface area contributed by atoms with E-state index in [0.29, 0.717) is 11.5 Å². The number of carbonyl (C=O) groups is 1. The highest BCUT2D eigenvalue weighted by molar-refractivity contribution is 8.02. The fraction of sp³-hybridized carbons (Fsp3) is 0.571. The van der Waals surface area contributed by atoms with E-state index in [4.69, 9.17) is 5.11 Å². The molecule has 1 heterocycles. The molecule has 0 saturated heterocycles. The maximum absolute atomic E-state index is 12.1. The maximum Gasteiger partial charge on any atom is 0.452 e. The van der Waals surface area contributed by atoms with E-state index in [1.54, 1.807) is 0 Å². The van der Waals surface area contributed by atoms with Gasteiger partial charge in [-0.2, -0.15) is 17.5 Å². The van der Waals surface area contributed by atoms with E-state index in [1.165, 1.54) is 13.8 Å². The number of rotatable bonds is 3. The number of carboxylic acid groups (broad SMARTS) is 1. The number of carboxylic acids is 1. The van der Waals surface area contributed by atoms with Gasteiger partial charge in [0.1, 0.15) is 4.75 Å². The van der Waals surface area contributed by atoms with Crippen LogP contribution in [0.3, 0.4) is 0 Å². The molecule has 0 aliphatic rings. The minimum absolute atomic E-state index is 0.0141. The Balaban J connectivity index is 2.85. The van der Waals surface area contributed by atoms with E-state index in [0.717, 1.165) is 11.8 Å². The van der Waals surface area contributed by atoms with Crippen LogP contribution in [0.1, 0.15) is 19.7 Å². The van der Waals surface area contributed by atoms with Crippen LogP contribution in [0.25, 0.3) is 0 Å². The third kappa shape index (κ3) is 3.08. The van der Waals surface area contributed by atoms with Crippen LogP contribution in [0.4, 0.5) is 13.2 Å². The van der Waals surface area contributed by atoms with Crippen LogP contribution >= 0.6 is 23.3 Å². The van der Waals surface area contributed by atoms with E-state index in [2.05, 4.69) is 9.36 Å². The molecule has 0 aliphatic carbocycles. The number of hydrogen-bond acceptors (Lipinski definition) is 5. The molecule has 16 heavy (non-hydrogen) atoms. The Kier molecular flexibility index (Phi) is 3.48. The van der Waals surface area contributed by atoms with Gasteiger partial charge in [-0.15, -0.1) is 0 Å². The quantitative estimate of drug-likeness (QED) is 0.856. The van der Waals surface area contributed by atoms with Crippen LogP contribution in [-0.2, 0) is 11.0 Å². The summed E-state index contributed by atoms with van der Waals surface area (Å²) in [6, 6.07) is 0. The summed E-state index contributed by atoms with van der Waals surface area (Å²) in [7, 11) is 0. The van der Waals surface area contributed by atoms with Gasteiger partial charge in [0, 0.05) is 0 Å². The smallest absolute Gasteiger partial charge is 0.452 e. The summed E-state index contributed by atoms with van der Waals surface area (Å²) < 4.78 is 38.3. The first-order chi connectivity index (χ1) is 7.13. The molecular formula is C7H7F3N2O2S2. The van der Waals surface area contributed by atoms with Crippen molar-refractivity contribution in [2.24, 2.45) is 0 Å². The lowest BCUT2D eigenvalue weighted by atomic mass is 10.2. The van der Waals surface area contributed by atoms with Gasteiger partial charge in [-0.25, -0.2) is 4.98 Å². The summed E-state index contributed by atoms with van der Waals surface area (Å²) in [6.07, 6.45) is -4.59. The predicted molar refractivity (Wildman–Crippen MR) is 52.5 cm³/mol. The summed E-state index contributed by atoms with van der Waals surface area (Å²) >= 11 is 1.28. The third-order valence-electron chi connectivity index (χ3n) is 1.52. The second kappa shape index (κ2) is 4.21. The molecule has 0 spiro atoms. The minimum atomic E-state index is -4.59. The standard InChI is InChI=1S/C7H7F3N2O2S2/c1-6(2,4(13)14)15-5-11-3(12-16-5)7(8,9)10/h1-2H3,(H,13,14). The molecule has 1 aromatic heterocycles. The van der Waals surface area contributed by atoms with Crippen molar-refractivity contribution in [3.05, 3.63) is 5.82 Å². The van der Waals surface area contributed by atoms with Crippen molar-refractivity contribution < 1.29 is 23.1 Å². The number of alkyl halides is 3. The lowest BCUT2D eigenvalue weighted by molar-refractivity contribution is -0.144. The fourth-order valence-electron chi connectivity index (χ4n) is 0.628. The van der Waals surface area contributed by atoms with E-state index < -0.39 is 22.7 Å². The summed E-state index contributed by atoms with van der Waals surface area (Å²) in [5.74, 6) is -2.36. The normalized spacial score (nSPS) is 12.8. The molecule has 9 heteroatoms. The third-order valence-corrected chi connectivity index (χ3v) is 3.45. The summed E-state index contributed by atoms with van der Waals surface area (Å²) in [4.78, 5) is 14.0. The summed E-state index contributed by atoms with van der Waals surface area (Å²) in [5, 5.41) is 8.78. The highest BCUT2D eigenvalue weighted by Crippen LogP contribution is 2.36. The topological polar surface area (TPSA) is 63.1 Å². The van der Waals surface area contributed by atoms with Gasteiger partial charge >= 0.3 is 12.1 Å². The molecule has 0 saturated carbocycles. The number of hydrogen-bond donors (Lipinski definition) is 1. The molecule has 0 aromatic carbocycles. The Morgan fingerprint density at radius 3 is 2.38 bits per heavy atom. The zero-order valence-corrected chi connectivity index (χ0v) is 9.83. The predicted octanol–water partition coefficient (Wildman–Crippen LogP) is 2.51. The molecule has 0 radical (unpaired) electrons. The molecule has 0 fully saturated rings. The average molecular weight is 272 g/mol. The molecule has 0 amide bonds. The van der Waals surface area contributed by atoms with Gasteiger partial charge in [-0.1, -0.05) is 11.8 Å². The second-order valence-corrected chi connectivity index (χ2v) is 5.92. The zero-order valence-electron chi connectivity index (χ0n) is 8.20. The Morgan fingerprint density at radius 2 is 2.00 bits per heavy atom. The molecule has 0 bridgehead atoms. The zero-order chi connectivity index (χ0) is 12.6. The van der Waals surface area contributed by atoms with Gasteiger partial charge in [-0.3, -0.25) is 4.79 Å². The van der Waals surface area contributed by atoms with E-state index >= 15 is 0 Å². The van der Waals surface area contributed by atoms with Crippen molar-refractivity contribution in [1.29, 1.82) is 0 Å². The van der Waals surface area contributed by atoms with Crippen LogP contribution in [-0.4, -0.2) is 25.2 Å². The molecule has 1 aromatic rings.